The van der Waals surface area contributed by atoms with E-state index in [0.29, 0.717) is 6.54 Å². The van der Waals surface area contributed by atoms with Crippen molar-refractivity contribution in [2.45, 2.75) is 19.1 Å². The van der Waals surface area contributed by atoms with Crippen LogP contribution in [0, 0.1) is 0 Å². The van der Waals surface area contributed by atoms with Crippen LogP contribution in [0.3, 0.4) is 0 Å². The fourth-order valence-electron chi connectivity index (χ4n) is 1.29. The van der Waals surface area contributed by atoms with Gasteiger partial charge < -0.3 is 20.8 Å². The van der Waals surface area contributed by atoms with Gasteiger partial charge in [-0.2, -0.15) is 0 Å². The van der Waals surface area contributed by atoms with Crippen LogP contribution >= 0.6 is 0 Å². The number of carbonyl (C=O) groups is 2. The molecule has 0 aliphatic heterocycles. The van der Waals surface area contributed by atoms with E-state index in [2.05, 4.69) is 10.6 Å². The topological polar surface area (TPSA) is 98.7 Å². The molecule has 0 saturated heterocycles. The Morgan fingerprint density at radius 1 is 1.17 bits per heavy atom. The Hall–Kier alpha value is -2.08. The first kappa shape index (κ1) is 14.0. The molecular formula is C12H16N2O4. The van der Waals surface area contributed by atoms with Crippen molar-refractivity contribution in [3.63, 3.8) is 0 Å². The Bertz CT molecular complexity index is 394. The first-order valence-corrected chi connectivity index (χ1v) is 5.56. The highest BCUT2D eigenvalue weighted by Crippen LogP contribution is 1.96. The van der Waals surface area contributed by atoms with E-state index in [0.717, 1.165) is 5.56 Å². The number of amides is 2. The zero-order valence-electron chi connectivity index (χ0n) is 9.80. The molecule has 18 heavy (non-hydrogen) atoms. The highest BCUT2D eigenvalue weighted by molar-refractivity contribution is 5.74. The van der Waals surface area contributed by atoms with Gasteiger partial charge >= 0.3 is 12.0 Å². The van der Waals surface area contributed by atoms with Crippen molar-refractivity contribution in [2.24, 2.45) is 0 Å². The van der Waals surface area contributed by atoms with Crippen molar-refractivity contribution in [3.8, 4) is 0 Å². The second kappa shape index (κ2) is 7.29. The Balaban J connectivity index is 2.17. The number of aliphatic hydroxyl groups excluding tert-OH is 1. The van der Waals surface area contributed by atoms with Gasteiger partial charge in [0.25, 0.3) is 0 Å². The standard InChI is InChI=1S/C12H16N2O4/c15-10(11(16)17)6-7-13-12(18)14-8-9-4-2-1-3-5-9/h1-5,10,15H,6-8H2,(H,16,17)(H2,13,14,18). The Kier molecular flexibility index (Phi) is 5.66. The van der Waals surface area contributed by atoms with E-state index in [1.807, 2.05) is 30.3 Å². The highest BCUT2D eigenvalue weighted by atomic mass is 16.4. The molecule has 0 aliphatic carbocycles. The summed E-state index contributed by atoms with van der Waals surface area (Å²) in [6.45, 7) is 0.502. The van der Waals surface area contributed by atoms with Gasteiger partial charge in [0.2, 0.25) is 0 Å². The molecule has 1 aromatic rings. The minimum absolute atomic E-state index is 0.0198. The van der Waals surface area contributed by atoms with Crippen molar-refractivity contribution in [3.05, 3.63) is 35.9 Å². The minimum atomic E-state index is -1.44. The number of hydrogen-bond acceptors (Lipinski definition) is 3. The van der Waals surface area contributed by atoms with Gasteiger partial charge in [0.05, 0.1) is 0 Å². The van der Waals surface area contributed by atoms with E-state index in [1.165, 1.54) is 0 Å². The Morgan fingerprint density at radius 2 is 1.83 bits per heavy atom. The van der Waals surface area contributed by atoms with Crippen molar-refractivity contribution in [1.82, 2.24) is 10.6 Å². The smallest absolute Gasteiger partial charge is 0.332 e. The maximum atomic E-state index is 11.3. The molecule has 1 unspecified atom stereocenters. The van der Waals surface area contributed by atoms with Crippen LogP contribution < -0.4 is 10.6 Å². The number of carboxylic acid groups (broad SMARTS) is 1. The lowest BCUT2D eigenvalue weighted by molar-refractivity contribution is -0.146. The normalized spacial score (nSPS) is 11.6. The molecule has 0 aromatic heterocycles. The molecule has 1 aromatic carbocycles. The Morgan fingerprint density at radius 3 is 2.44 bits per heavy atom. The number of hydrogen-bond donors (Lipinski definition) is 4. The minimum Gasteiger partial charge on any atom is -0.479 e. The van der Waals surface area contributed by atoms with Gasteiger partial charge in [0.15, 0.2) is 6.10 Å². The van der Waals surface area contributed by atoms with Crippen LogP contribution in [0.15, 0.2) is 30.3 Å². The molecule has 0 heterocycles. The summed E-state index contributed by atoms with van der Waals surface area (Å²) in [5.74, 6) is -1.29. The van der Waals surface area contributed by atoms with Crippen molar-refractivity contribution < 1.29 is 19.8 Å². The van der Waals surface area contributed by atoms with Gasteiger partial charge in [0.1, 0.15) is 0 Å². The zero-order valence-corrected chi connectivity index (χ0v) is 9.80. The van der Waals surface area contributed by atoms with Crippen LogP contribution in [0.2, 0.25) is 0 Å². The third-order valence-electron chi connectivity index (χ3n) is 2.28. The lowest BCUT2D eigenvalue weighted by Crippen LogP contribution is -2.37. The number of benzene rings is 1. The number of carbonyl (C=O) groups excluding carboxylic acids is 1. The highest BCUT2D eigenvalue weighted by Gasteiger charge is 2.12. The monoisotopic (exact) mass is 252 g/mol. The SMILES string of the molecule is O=C(NCCC(O)C(=O)O)NCc1ccccc1. The molecule has 6 nitrogen and oxygen atoms in total. The largest absolute Gasteiger partial charge is 0.479 e. The summed E-state index contributed by atoms with van der Waals surface area (Å²) >= 11 is 0. The fraction of sp³-hybridized carbons (Fsp3) is 0.333. The van der Waals surface area contributed by atoms with Crippen molar-refractivity contribution >= 4 is 12.0 Å². The number of aliphatic hydroxyl groups is 1. The number of carboxylic acids is 1. The molecule has 1 rings (SSSR count). The van der Waals surface area contributed by atoms with Gasteiger partial charge in [-0.25, -0.2) is 9.59 Å². The average molecular weight is 252 g/mol. The summed E-state index contributed by atoms with van der Waals surface area (Å²) in [5.41, 5.74) is 0.971. The Labute approximate surface area is 105 Å². The van der Waals surface area contributed by atoms with E-state index < -0.39 is 18.1 Å². The van der Waals surface area contributed by atoms with Gasteiger partial charge in [0, 0.05) is 19.5 Å². The predicted molar refractivity (Wildman–Crippen MR) is 64.9 cm³/mol. The van der Waals surface area contributed by atoms with Gasteiger partial charge in [-0.3, -0.25) is 0 Å². The maximum absolute atomic E-state index is 11.3. The zero-order chi connectivity index (χ0) is 13.4. The van der Waals surface area contributed by atoms with E-state index in [1.54, 1.807) is 0 Å². The second-order valence-electron chi connectivity index (χ2n) is 3.74. The van der Waals surface area contributed by atoms with Crippen LogP contribution in [0.25, 0.3) is 0 Å². The van der Waals surface area contributed by atoms with Crippen molar-refractivity contribution in [2.75, 3.05) is 6.54 Å². The van der Waals surface area contributed by atoms with Gasteiger partial charge in [-0.05, 0) is 5.56 Å². The summed E-state index contributed by atoms with van der Waals surface area (Å²) < 4.78 is 0. The second-order valence-corrected chi connectivity index (χ2v) is 3.74. The summed E-state index contributed by atoms with van der Waals surface area (Å²) in [6.07, 6.45) is -1.46. The third kappa shape index (κ3) is 5.31. The summed E-state index contributed by atoms with van der Waals surface area (Å²) in [5, 5.41) is 22.5. The molecule has 0 spiro atoms. The van der Waals surface area contributed by atoms with E-state index >= 15 is 0 Å². The molecule has 0 fully saturated rings. The van der Waals surface area contributed by atoms with Crippen molar-refractivity contribution in [1.29, 1.82) is 0 Å². The van der Waals surface area contributed by atoms with E-state index in [9.17, 15) is 9.59 Å². The first-order valence-electron chi connectivity index (χ1n) is 5.56. The first-order chi connectivity index (χ1) is 8.59. The van der Waals surface area contributed by atoms with E-state index in [-0.39, 0.29) is 13.0 Å². The van der Waals surface area contributed by atoms with Crippen LogP contribution in [-0.2, 0) is 11.3 Å². The fourth-order valence-corrected chi connectivity index (χ4v) is 1.29. The molecule has 0 aliphatic rings. The van der Waals surface area contributed by atoms with E-state index in [4.69, 9.17) is 10.2 Å². The van der Waals surface area contributed by atoms with Crippen LogP contribution in [-0.4, -0.2) is 34.9 Å². The lowest BCUT2D eigenvalue weighted by atomic mass is 10.2. The molecule has 0 radical (unpaired) electrons. The summed E-state index contributed by atoms with van der Waals surface area (Å²) in [6, 6.07) is 9.01. The number of rotatable bonds is 6. The summed E-state index contributed by atoms with van der Waals surface area (Å²) in [7, 11) is 0. The molecule has 2 amide bonds. The van der Waals surface area contributed by atoms with Gasteiger partial charge in [-0.1, -0.05) is 30.3 Å². The average Bonchev–Trinajstić information content (AvgIpc) is 2.37. The molecule has 98 valence electrons. The number of nitrogens with one attached hydrogen (secondary N) is 2. The molecule has 0 saturated carbocycles. The lowest BCUT2D eigenvalue weighted by Gasteiger charge is -2.08. The molecule has 0 bridgehead atoms. The number of urea groups is 1. The van der Waals surface area contributed by atoms with Crippen LogP contribution in [0.4, 0.5) is 4.79 Å². The third-order valence-corrected chi connectivity index (χ3v) is 2.28. The van der Waals surface area contributed by atoms with Crippen LogP contribution in [0.1, 0.15) is 12.0 Å². The maximum Gasteiger partial charge on any atom is 0.332 e. The molecule has 4 N–H and O–H groups in total. The number of aliphatic carboxylic acids is 1. The molecule has 1 atom stereocenters. The molecular weight excluding hydrogens is 236 g/mol. The van der Waals surface area contributed by atoms with Gasteiger partial charge in [-0.15, -0.1) is 0 Å². The quantitative estimate of drug-likeness (QED) is 0.586. The molecule has 6 heteroatoms. The van der Waals surface area contributed by atoms with Crippen LogP contribution in [0.5, 0.6) is 0 Å². The summed E-state index contributed by atoms with van der Waals surface area (Å²) in [4.78, 5) is 21.6. The predicted octanol–water partition coefficient (Wildman–Crippen LogP) is 0.321.